The summed E-state index contributed by atoms with van der Waals surface area (Å²) in [4.78, 5) is 0. The topological polar surface area (TPSA) is 59.6 Å². The standard InChI is InChI=1S/C16H17N3/c17-11-14-7-4-8-15(12-18)16(14)19-10-9-13-5-2-1-3-6-13/h4-5,7-8,19H,1-3,6,9-10H2. The van der Waals surface area contributed by atoms with Crippen molar-refractivity contribution in [2.75, 3.05) is 11.9 Å². The van der Waals surface area contributed by atoms with E-state index in [2.05, 4.69) is 23.5 Å². The van der Waals surface area contributed by atoms with Gasteiger partial charge in [-0.15, -0.1) is 0 Å². The molecule has 0 aliphatic heterocycles. The summed E-state index contributed by atoms with van der Waals surface area (Å²) in [6, 6.07) is 9.48. The Balaban J connectivity index is 2.01. The molecule has 19 heavy (non-hydrogen) atoms. The second-order valence-electron chi connectivity index (χ2n) is 4.74. The third kappa shape index (κ3) is 3.36. The largest absolute Gasteiger partial charge is 0.383 e. The third-order valence-corrected chi connectivity index (χ3v) is 3.44. The number of nitriles is 2. The van der Waals surface area contributed by atoms with Crippen LogP contribution in [0.4, 0.5) is 5.69 Å². The lowest BCUT2D eigenvalue weighted by Gasteiger charge is -2.14. The molecule has 2 rings (SSSR count). The first-order valence-electron chi connectivity index (χ1n) is 6.70. The molecule has 3 nitrogen and oxygen atoms in total. The van der Waals surface area contributed by atoms with Crippen molar-refractivity contribution >= 4 is 5.69 Å². The van der Waals surface area contributed by atoms with Gasteiger partial charge in [-0.05, 0) is 44.2 Å². The predicted molar refractivity (Wildman–Crippen MR) is 75.5 cm³/mol. The van der Waals surface area contributed by atoms with E-state index >= 15 is 0 Å². The molecule has 1 N–H and O–H groups in total. The Hall–Kier alpha value is -2.26. The summed E-state index contributed by atoms with van der Waals surface area (Å²) < 4.78 is 0. The van der Waals surface area contributed by atoms with Crippen LogP contribution in [0.2, 0.25) is 0 Å². The zero-order valence-corrected chi connectivity index (χ0v) is 10.9. The van der Waals surface area contributed by atoms with E-state index in [1.54, 1.807) is 18.2 Å². The van der Waals surface area contributed by atoms with Crippen LogP contribution in [0.3, 0.4) is 0 Å². The minimum absolute atomic E-state index is 0.539. The highest BCUT2D eigenvalue weighted by atomic mass is 14.9. The first-order chi connectivity index (χ1) is 9.35. The molecule has 0 aromatic heterocycles. The molecule has 1 aromatic rings. The second-order valence-corrected chi connectivity index (χ2v) is 4.74. The van der Waals surface area contributed by atoms with Crippen molar-refractivity contribution in [1.29, 1.82) is 10.5 Å². The van der Waals surface area contributed by atoms with Crippen molar-refractivity contribution in [3.8, 4) is 12.1 Å². The van der Waals surface area contributed by atoms with Gasteiger partial charge in [0.1, 0.15) is 12.1 Å². The maximum absolute atomic E-state index is 9.08. The monoisotopic (exact) mass is 251 g/mol. The molecule has 0 saturated carbocycles. The van der Waals surface area contributed by atoms with E-state index in [9.17, 15) is 0 Å². The highest BCUT2D eigenvalue weighted by Crippen LogP contribution is 2.22. The summed E-state index contributed by atoms with van der Waals surface area (Å²) in [7, 11) is 0. The number of rotatable bonds is 4. The van der Waals surface area contributed by atoms with Crippen molar-refractivity contribution in [2.45, 2.75) is 32.1 Å². The minimum Gasteiger partial charge on any atom is -0.383 e. The predicted octanol–water partition coefficient (Wildman–Crippen LogP) is 3.73. The fourth-order valence-corrected chi connectivity index (χ4v) is 2.41. The lowest BCUT2D eigenvalue weighted by molar-refractivity contribution is 0.679. The molecule has 0 unspecified atom stereocenters. The molecule has 0 spiro atoms. The summed E-state index contributed by atoms with van der Waals surface area (Å²) in [5.41, 5.74) is 3.24. The number of benzene rings is 1. The molecule has 0 radical (unpaired) electrons. The van der Waals surface area contributed by atoms with Gasteiger partial charge >= 0.3 is 0 Å². The molecule has 0 fully saturated rings. The maximum Gasteiger partial charge on any atom is 0.101 e. The molecule has 1 aliphatic carbocycles. The number of hydrogen-bond donors (Lipinski definition) is 1. The van der Waals surface area contributed by atoms with Crippen LogP contribution in [-0.2, 0) is 0 Å². The van der Waals surface area contributed by atoms with Gasteiger partial charge in [0.15, 0.2) is 0 Å². The molecule has 1 aromatic carbocycles. The number of allylic oxidation sites excluding steroid dienone is 1. The van der Waals surface area contributed by atoms with E-state index in [-0.39, 0.29) is 0 Å². The molecule has 1 aliphatic rings. The highest BCUT2D eigenvalue weighted by molar-refractivity contribution is 5.66. The zero-order valence-electron chi connectivity index (χ0n) is 10.9. The molecule has 96 valence electrons. The molecule has 0 atom stereocenters. The van der Waals surface area contributed by atoms with E-state index in [4.69, 9.17) is 10.5 Å². The molecule has 0 saturated heterocycles. The van der Waals surface area contributed by atoms with Crippen molar-refractivity contribution in [3.63, 3.8) is 0 Å². The Labute approximate surface area is 114 Å². The van der Waals surface area contributed by atoms with Crippen LogP contribution >= 0.6 is 0 Å². The van der Waals surface area contributed by atoms with E-state index < -0.39 is 0 Å². The van der Waals surface area contributed by atoms with Crippen LogP contribution < -0.4 is 5.32 Å². The molecular formula is C16H17N3. The highest BCUT2D eigenvalue weighted by Gasteiger charge is 2.08. The number of anilines is 1. The Kier molecular flexibility index (Phi) is 4.59. The summed E-state index contributed by atoms with van der Waals surface area (Å²) >= 11 is 0. The molecule has 0 bridgehead atoms. The van der Waals surface area contributed by atoms with Crippen molar-refractivity contribution < 1.29 is 0 Å². The second kappa shape index (κ2) is 6.61. The zero-order chi connectivity index (χ0) is 13.5. The van der Waals surface area contributed by atoms with Gasteiger partial charge < -0.3 is 5.32 Å². The van der Waals surface area contributed by atoms with Gasteiger partial charge in [-0.3, -0.25) is 0 Å². The van der Waals surface area contributed by atoms with Crippen molar-refractivity contribution in [3.05, 3.63) is 41.0 Å². The Morgan fingerprint density at radius 3 is 2.42 bits per heavy atom. The molecule has 3 heteroatoms. The van der Waals surface area contributed by atoms with Crippen molar-refractivity contribution in [1.82, 2.24) is 0 Å². The SMILES string of the molecule is N#Cc1cccc(C#N)c1NCCC1=CCCCC1. The summed E-state index contributed by atoms with van der Waals surface area (Å²) in [6.07, 6.45) is 8.27. The van der Waals surface area contributed by atoms with Crippen LogP contribution in [0, 0.1) is 22.7 Å². The average molecular weight is 251 g/mol. The lowest BCUT2D eigenvalue weighted by Crippen LogP contribution is -2.07. The van der Waals surface area contributed by atoms with Crippen molar-refractivity contribution in [2.24, 2.45) is 0 Å². The number of nitrogens with one attached hydrogen (secondary N) is 1. The van der Waals surface area contributed by atoms with Crippen LogP contribution in [-0.4, -0.2) is 6.54 Å². The van der Waals surface area contributed by atoms with Crippen LogP contribution in [0.1, 0.15) is 43.2 Å². The Bertz CT molecular complexity index is 526. The Morgan fingerprint density at radius 2 is 1.84 bits per heavy atom. The fourth-order valence-electron chi connectivity index (χ4n) is 2.41. The summed E-state index contributed by atoms with van der Waals surface area (Å²) in [5, 5.41) is 21.4. The number of hydrogen-bond acceptors (Lipinski definition) is 3. The third-order valence-electron chi connectivity index (χ3n) is 3.44. The number of para-hydroxylation sites is 1. The summed E-state index contributed by atoms with van der Waals surface area (Å²) in [5.74, 6) is 0. The van der Waals surface area contributed by atoms with E-state index in [1.807, 2.05) is 0 Å². The van der Waals surface area contributed by atoms with E-state index in [0.717, 1.165) is 13.0 Å². The van der Waals surface area contributed by atoms with Gasteiger partial charge in [-0.25, -0.2) is 0 Å². The first kappa shape index (κ1) is 13.2. The Morgan fingerprint density at radius 1 is 1.11 bits per heavy atom. The number of nitrogens with zero attached hydrogens (tertiary/aromatic N) is 2. The smallest absolute Gasteiger partial charge is 0.101 e. The van der Waals surface area contributed by atoms with E-state index in [0.29, 0.717) is 16.8 Å². The molecule has 0 heterocycles. The van der Waals surface area contributed by atoms with Gasteiger partial charge in [-0.2, -0.15) is 10.5 Å². The minimum atomic E-state index is 0.539. The summed E-state index contributed by atoms with van der Waals surface area (Å²) in [6.45, 7) is 0.777. The maximum atomic E-state index is 9.08. The van der Waals surface area contributed by atoms with Crippen LogP contribution in [0.15, 0.2) is 29.8 Å². The molecule has 0 amide bonds. The first-order valence-corrected chi connectivity index (χ1v) is 6.70. The van der Waals surface area contributed by atoms with Crippen LogP contribution in [0.25, 0.3) is 0 Å². The normalized spacial score (nSPS) is 14.1. The average Bonchev–Trinajstić information content (AvgIpc) is 2.48. The molecular weight excluding hydrogens is 234 g/mol. The van der Waals surface area contributed by atoms with Gasteiger partial charge in [0.25, 0.3) is 0 Å². The van der Waals surface area contributed by atoms with E-state index in [1.165, 1.54) is 31.3 Å². The quantitative estimate of drug-likeness (QED) is 0.829. The van der Waals surface area contributed by atoms with Gasteiger partial charge in [0.05, 0.1) is 16.8 Å². The lowest BCUT2D eigenvalue weighted by atomic mass is 9.97. The van der Waals surface area contributed by atoms with Gasteiger partial charge in [0, 0.05) is 6.54 Å². The van der Waals surface area contributed by atoms with Crippen LogP contribution in [0.5, 0.6) is 0 Å². The van der Waals surface area contributed by atoms with Gasteiger partial charge in [0.2, 0.25) is 0 Å². The van der Waals surface area contributed by atoms with Gasteiger partial charge in [-0.1, -0.05) is 17.7 Å². The fraction of sp³-hybridized carbons (Fsp3) is 0.375.